The Morgan fingerprint density at radius 3 is 2.75 bits per heavy atom. The molecular weight excluding hydrogens is 273 g/mol. The lowest BCUT2D eigenvalue weighted by molar-refractivity contribution is -0.129. The largest absolute Gasteiger partial charge is 0.335 e. The Labute approximate surface area is 103 Å². The molecule has 86 valence electrons. The second kappa shape index (κ2) is 4.53. The average Bonchev–Trinajstić information content (AvgIpc) is 2.60. The maximum Gasteiger partial charge on any atom is 0.236 e. The lowest BCUT2D eigenvalue weighted by Gasteiger charge is -2.25. The second-order valence-electron chi connectivity index (χ2n) is 3.99. The molecule has 1 amide bonds. The van der Waals surface area contributed by atoms with Crippen LogP contribution < -0.4 is 0 Å². The monoisotopic (exact) mass is 285 g/mol. The number of hydrogen-bond acceptors (Lipinski definition) is 1. The third kappa shape index (κ3) is 1.98. The Morgan fingerprint density at radius 2 is 2.19 bits per heavy atom. The van der Waals surface area contributed by atoms with Gasteiger partial charge in [-0.2, -0.15) is 0 Å². The van der Waals surface area contributed by atoms with Crippen LogP contribution in [0.25, 0.3) is 0 Å². The van der Waals surface area contributed by atoms with E-state index in [-0.39, 0.29) is 22.6 Å². The lowest BCUT2D eigenvalue weighted by atomic mass is 10.1. The molecule has 1 aliphatic heterocycles. The molecular formula is C12H13BrFNO. The molecule has 0 aliphatic carbocycles. The van der Waals surface area contributed by atoms with Gasteiger partial charge < -0.3 is 4.90 Å². The van der Waals surface area contributed by atoms with E-state index in [2.05, 4.69) is 15.9 Å². The number of hydrogen-bond donors (Lipinski definition) is 0. The summed E-state index contributed by atoms with van der Waals surface area (Å²) in [5.41, 5.74) is 0.581. The molecule has 2 nitrogen and oxygen atoms in total. The fourth-order valence-corrected chi connectivity index (χ4v) is 2.50. The molecule has 2 atom stereocenters. The van der Waals surface area contributed by atoms with Crippen molar-refractivity contribution in [1.82, 2.24) is 4.90 Å². The van der Waals surface area contributed by atoms with E-state index in [1.54, 1.807) is 23.1 Å². The van der Waals surface area contributed by atoms with Gasteiger partial charge in [0.1, 0.15) is 5.82 Å². The first-order valence-corrected chi connectivity index (χ1v) is 6.22. The van der Waals surface area contributed by atoms with Gasteiger partial charge in [0.2, 0.25) is 5.91 Å². The number of likely N-dealkylation sites (tertiary alicyclic amines) is 1. The van der Waals surface area contributed by atoms with Gasteiger partial charge in [-0.25, -0.2) is 4.39 Å². The molecule has 2 unspecified atom stereocenters. The first-order valence-electron chi connectivity index (χ1n) is 5.30. The second-order valence-corrected chi connectivity index (χ2v) is 5.09. The van der Waals surface area contributed by atoms with Crippen molar-refractivity contribution in [2.24, 2.45) is 0 Å². The van der Waals surface area contributed by atoms with Crippen LogP contribution in [0, 0.1) is 5.82 Å². The van der Waals surface area contributed by atoms with Crippen molar-refractivity contribution in [3.8, 4) is 0 Å². The number of amides is 1. The molecule has 1 aliphatic rings. The third-order valence-electron chi connectivity index (χ3n) is 3.00. The molecule has 0 N–H and O–H groups in total. The van der Waals surface area contributed by atoms with Gasteiger partial charge >= 0.3 is 0 Å². The quantitative estimate of drug-likeness (QED) is 0.765. The molecule has 1 fully saturated rings. The summed E-state index contributed by atoms with van der Waals surface area (Å²) in [6.45, 7) is 2.55. The van der Waals surface area contributed by atoms with E-state index in [0.717, 1.165) is 6.42 Å². The first-order chi connectivity index (χ1) is 7.61. The van der Waals surface area contributed by atoms with E-state index in [9.17, 15) is 9.18 Å². The maximum absolute atomic E-state index is 13.6. The molecule has 1 heterocycles. The van der Waals surface area contributed by atoms with Crippen LogP contribution in [0.15, 0.2) is 24.3 Å². The normalized spacial score (nSPS) is 22.6. The molecule has 0 saturated carbocycles. The summed E-state index contributed by atoms with van der Waals surface area (Å²) >= 11 is 3.32. The maximum atomic E-state index is 13.6. The van der Waals surface area contributed by atoms with Crippen molar-refractivity contribution in [3.63, 3.8) is 0 Å². The van der Waals surface area contributed by atoms with E-state index < -0.39 is 0 Å². The van der Waals surface area contributed by atoms with Crippen LogP contribution in [-0.4, -0.2) is 22.2 Å². The van der Waals surface area contributed by atoms with Crippen LogP contribution in [0.3, 0.4) is 0 Å². The number of benzene rings is 1. The molecule has 1 saturated heterocycles. The number of rotatable bonds is 2. The predicted octanol–water partition coefficient (Wildman–Crippen LogP) is 2.88. The summed E-state index contributed by atoms with van der Waals surface area (Å²) in [6.07, 6.45) is 0.789. The molecule has 4 heteroatoms. The number of alkyl halides is 1. The zero-order valence-corrected chi connectivity index (χ0v) is 10.6. The van der Waals surface area contributed by atoms with Crippen molar-refractivity contribution < 1.29 is 9.18 Å². The summed E-state index contributed by atoms with van der Waals surface area (Å²) in [5.74, 6) is -0.198. The molecule has 1 aromatic rings. The Bertz CT molecular complexity index is 410. The minimum atomic E-state index is -0.249. The highest BCUT2D eigenvalue weighted by molar-refractivity contribution is 9.10. The van der Waals surface area contributed by atoms with Crippen LogP contribution >= 0.6 is 15.9 Å². The molecule has 0 bridgehead atoms. The highest BCUT2D eigenvalue weighted by Crippen LogP contribution is 2.29. The SMILES string of the molecule is CC(c1ccccc1F)N1CCC(Br)C1=O. The topological polar surface area (TPSA) is 20.3 Å². The fraction of sp³-hybridized carbons (Fsp3) is 0.417. The highest BCUT2D eigenvalue weighted by atomic mass is 79.9. The standard InChI is InChI=1S/C12H13BrFNO/c1-8(9-4-2-3-5-11(9)14)15-7-6-10(13)12(15)16/h2-5,8,10H,6-7H2,1H3. The van der Waals surface area contributed by atoms with E-state index in [4.69, 9.17) is 0 Å². The minimum absolute atomic E-state index is 0.0516. The van der Waals surface area contributed by atoms with E-state index in [1.165, 1.54) is 6.07 Å². The minimum Gasteiger partial charge on any atom is -0.335 e. The molecule has 1 aromatic carbocycles. The summed E-state index contributed by atoms with van der Waals surface area (Å²) in [4.78, 5) is 13.4. The van der Waals surface area contributed by atoms with Crippen molar-refractivity contribution in [2.45, 2.75) is 24.2 Å². The van der Waals surface area contributed by atoms with Gasteiger partial charge in [-0.1, -0.05) is 34.1 Å². The summed E-state index contributed by atoms with van der Waals surface area (Å²) in [6, 6.07) is 6.41. The van der Waals surface area contributed by atoms with Crippen LogP contribution in [0.4, 0.5) is 4.39 Å². The van der Waals surface area contributed by atoms with Gasteiger partial charge in [0.15, 0.2) is 0 Å². The Morgan fingerprint density at radius 1 is 1.50 bits per heavy atom. The van der Waals surface area contributed by atoms with Crippen LogP contribution in [0.1, 0.15) is 24.9 Å². The third-order valence-corrected chi connectivity index (χ3v) is 3.85. The summed E-state index contributed by atoms with van der Waals surface area (Å²) in [5, 5.41) is 0. The molecule has 0 spiro atoms. The van der Waals surface area contributed by atoms with Crippen LogP contribution in [-0.2, 0) is 4.79 Å². The molecule has 16 heavy (non-hydrogen) atoms. The zero-order chi connectivity index (χ0) is 11.7. The van der Waals surface area contributed by atoms with E-state index in [1.807, 2.05) is 6.92 Å². The molecule has 0 radical (unpaired) electrons. The molecule has 2 rings (SSSR count). The van der Waals surface area contributed by atoms with Crippen molar-refractivity contribution in [3.05, 3.63) is 35.6 Å². The Hall–Kier alpha value is -0.900. The van der Waals surface area contributed by atoms with Gasteiger partial charge in [0, 0.05) is 12.1 Å². The number of carbonyl (C=O) groups is 1. The Balaban J connectivity index is 2.23. The van der Waals surface area contributed by atoms with Gasteiger partial charge in [-0.05, 0) is 19.4 Å². The molecule has 0 aromatic heterocycles. The highest BCUT2D eigenvalue weighted by Gasteiger charge is 2.33. The van der Waals surface area contributed by atoms with Crippen LogP contribution in [0.5, 0.6) is 0 Å². The predicted molar refractivity (Wildman–Crippen MR) is 63.9 cm³/mol. The Kier molecular flexibility index (Phi) is 3.28. The van der Waals surface area contributed by atoms with E-state index >= 15 is 0 Å². The van der Waals surface area contributed by atoms with E-state index in [0.29, 0.717) is 12.1 Å². The van der Waals surface area contributed by atoms with Gasteiger partial charge in [0.25, 0.3) is 0 Å². The van der Waals surface area contributed by atoms with Crippen molar-refractivity contribution >= 4 is 21.8 Å². The zero-order valence-electron chi connectivity index (χ0n) is 8.99. The van der Waals surface area contributed by atoms with Crippen LogP contribution in [0.2, 0.25) is 0 Å². The number of halogens is 2. The lowest BCUT2D eigenvalue weighted by Crippen LogP contribution is -2.30. The number of carbonyl (C=O) groups excluding carboxylic acids is 1. The smallest absolute Gasteiger partial charge is 0.236 e. The van der Waals surface area contributed by atoms with Gasteiger partial charge in [0.05, 0.1) is 10.9 Å². The number of nitrogens with zero attached hydrogens (tertiary/aromatic N) is 1. The fourth-order valence-electron chi connectivity index (χ4n) is 2.03. The first kappa shape index (κ1) is 11.6. The van der Waals surface area contributed by atoms with Crippen molar-refractivity contribution in [1.29, 1.82) is 0 Å². The van der Waals surface area contributed by atoms with Gasteiger partial charge in [-0.15, -0.1) is 0 Å². The van der Waals surface area contributed by atoms with Crippen molar-refractivity contribution in [2.75, 3.05) is 6.54 Å². The summed E-state index contributed by atoms with van der Waals surface area (Å²) in [7, 11) is 0. The average molecular weight is 286 g/mol. The van der Waals surface area contributed by atoms with Gasteiger partial charge in [-0.3, -0.25) is 4.79 Å². The summed E-state index contributed by atoms with van der Waals surface area (Å²) < 4.78 is 13.6.